The van der Waals surface area contributed by atoms with Crippen LogP contribution < -0.4 is 0 Å². The van der Waals surface area contributed by atoms with Crippen LogP contribution >= 0.6 is 0 Å². The van der Waals surface area contributed by atoms with Gasteiger partial charge in [-0.25, -0.2) is 9.36 Å². The zero-order chi connectivity index (χ0) is 11.9. The van der Waals surface area contributed by atoms with E-state index < -0.39 is 11.9 Å². The summed E-state index contributed by atoms with van der Waals surface area (Å²) in [5.41, 5.74) is 0.910. The summed E-state index contributed by atoms with van der Waals surface area (Å²) in [6.45, 7) is 5.01. The zero-order valence-corrected chi connectivity index (χ0v) is 9.28. The van der Waals surface area contributed by atoms with Gasteiger partial charge in [0.2, 0.25) is 11.9 Å². The van der Waals surface area contributed by atoms with Gasteiger partial charge in [0.1, 0.15) is 6.17 Å². The van der Waals surface area contributed by atoms with E-state index in [9.17, 15) is 8.78 Å². The molecule has 2 aromatic heterocycles. The lowest BCUT2D eigenvalue weighted by Crippen LogP contribution is -2.16. The zero-order valence-electron chi connectivity index (χ0n) is 9.28. The van der Waals surface area contributed by atoms with E-state index in [1.807, 2.05) is 0 Å². The summed E-state index contributed by atoms with van der Waals surface area (Å²) in [6.07, 6.45) is 2.77. The molecule has 0 aliphatic carbocycles. The molecule has 0 saturated carbocycles. The van der Waals surface area contributed by atoms with Crippen LogP contribution in [0, 0.1) is 25.7 Å². The van der Waals surface area contributed by atoms with Crippen LogP contribution in [-0.4, -0.2) is 19.6 Å². The van der Waals surface area contributed by atoms with Crippen molar-refractivity contribution < 1.29 is 8.78 Å². The summed E-state index contributed by atoms with van der Waals surface area (Å²) in [4.78, 5) is 0. The first kappa shape index (κ1) is 10.8. The topological polar surface area (TPSA) is 35.6 Å². The fourth-order valence-corrected chi connectivity index (χ4v) is 1.43. The third-order valence-corrected chi connectivity index (χ3v) is 2.47. The summed E-state index contributed by atoms with van der Waals surface area (Å²) < 4.78 is 29.0. The molecular weight excluding hydrogens is 214 g/mol. The first-order valence-electron chi connectivity index (χ1n) is 4.91. The van der Waals surface area contributed by atoms with Crippen molar-refractivity contribution >= 4 is 0 Å². The first-order valence-corrected chi connectivity index (χ1v) is 4.91. The summed E-state index contributed by atoms with van der Waals surface area (Å²) in [7, 11) is 0. The van der Waals surface area contributed by atoms with Crippen LogP contribution in [-0.2, 0) is 0 Å². The highest BCUT2D eigenvalue weighted by Crippen LogP contribution is 2.13. The highest BCUT2D eigenvalue weighted by Gasteiger charge is 2.14. The minimum Gasteiger partial charge on any atom is -0.245 e. The Hall–Kier alpha value is -1.72. The van der Waals surface area contributed by atoms with E-state index in [-0.39, 0.29) is 6.17 Å². The molecule has 2 aromatic rings. The van der Waals surface area contributed by atoms with Gasteiger partial charge in [0, 0.05) is 23.5 Å². The Morgan fingerprint density at radius 1 is 1.00 bits per heavy atom. The summed E-state index contributed by atoms with van der Waals surface area (Å²) in [5.74, 6) is -1.03. The van der Waals surface area contributed by atoms with Gasteiger partial charge in [-0.1, -0.05) is 0 Å². The van der Waals surface area contributed by atoms with E-state index >= 15 is 0 Å². The molecular formula is C10H12F2N4. The molecule has 0 fully saturated rings. The number of aryl methyl sites for hydroxylation is 2. The Labute approximate surface area is 91.5 Å². The number of nitrogens with zero attached hydrogens (tertiary/aromatic N) is 4. The monoisotopic (exact) mass is 226 g/mol. The fourth-order valence-electron chi connectivity index (χ4n) is 1.43. The van der Waals surface area contributed by atoms with Crippen molar-refractivity contribution in [3.8, 4) is 0 Å². The molecule has 0 spiro atoms. The fraction of sp³-hybridized carbons (Fsp3) is 0.400. The molecule has 86 valence electrons. The van der Waals surface area contributed by atoms with Crippen LogP contribution in [0.3, 0.4) is 0 Å². The molecule has 0 amide bonds. The summed E-state index contributed by atoms with van der Waals surface area (Å²) in [6, 6.07) is 0. The minimum absolute atomic E-state index is 0.355. The summed E-state index contributed by atoms with van der Waals surface area (Å²) >= 11 is 0. The predicted octanol–water partition coefficient (Wildman–Crippen LogP) is 2.04. The molecule has 0 saturated heterocycles. The normalized spacial score (nSPS) is 11.4. The Balaban J connectivity index is 2.34. The molecule has 0 bridgehead atoms. The summed E-state index contributed by atoms with van der Waals surface area (Å²) in [5, 5.41) is 7.38. The number of aromatic nitrogens is 4. The van der Waals surface area contributed by atoms with Gasteiger partial charge >= 0.3 is 0 Å². The largest absolute Gasteiger partial charge is 0.245 e. The maximum absolute atomic E-state index is 13.1. The molecule has 4 nitrogen and oxygen atoms in total. The van der Waals surface area contributed by atoms with Crippen molar-refractivity contribution in [2.45, 2.75) is 26.9 Å². The lowest BCUT2D eigenvalue weighted by molar-refractivity contribution is 0.364. The number of rotatable bonds is 2. The molecule has 6 heteroatoms. The SMILES string of the molecule is Cc1cn(C(C)n2cc(C)c(F)n2)nc1F. The average molecular weight is 226 g/mol. The third-order valence-electron chi connectivity index (χ3n) is 2.47. The van der Waals surface area contributed by atoms with Crippen LogP contribution in [0.4, 0.5) is 8.78 Å². The highest BCUT2D eigenvalue weighted by atomic mass is 19.1. The van der Waals surface area contributed by atoms with E-state index in [1.165, 1.54) is 9.36 Å². The molecule has 0 unspecified atom stereocenters. The van der Waals surface area contributed by atoms with Gasteiger partial charge in [-0.3, -0.25) is 0 Å². The Morgan fingerprint density at radius 3 is 1.62 bits per heavy atom. The van der Waals surface area contributed by atoms with Crippen molar-refractivity contribution in [3.05, 3.63) is 35.4 Å². The third kappa shape index (κ3) is 1.70. The number of hydrogen-bond donors (Lipinski definition) is 0. The molecule has 0 aromatic carbocycles. The Morgan fingerprint density at radius 2 is 1.38 bits per heavy atom. The number of hydrogen-bond acceptors (Lipinski definition) is 2. The van der Waals surface area contributed by atoms with E-state index in [0.717, 1.165) is 0 Å². The van der Waals surface area contributed by atoms with E-state index in [4.69, 9.17) is 0 Å². The molecule has 0 N–H and O–H groups in total. The second-order valence-corrected chi connectivity index (χ2v) is 3.80. The Kier molecular flexibility index (Phi) is 2.49. The molecule has 2 heterocycles. The molecule has 0 aliphatic rings. The van der Waals surface area contributed by atoms with Gasteiger partial charge in [-0.05, 0) is 20.8 Å². The van der Waals surface area contributed by atoms with Crippen molar-refractivity contribution in [2.24, 2.45) is 0 Å². The second kappa shape index (κ2) is 3.70. The quantitative estimate of drug-likeness (QED) is 0.785. The minimum atomic E-state index is -0.517. The van der Waals surface area contributed by atoms with Gasteiger partial charge in [0.15, 0.2) is 0 Å². The maximum atomic E-state index is 13.1. The van der Waals surface area contributed by atoms with Crippen molar-refractivity contribution in [1.29, 1.82) is 0 Å². The van der Waals surface area contributed by atoms with Gasteiger partial charge in [-0.2, -0.15) is 8.78 Å². The highest BCUT2D eigenvalue weighted by molar-refractivity contribution is 5.05. The van der Waals surface area contributed by atoms with E-state index in [1.54, 1.807) is 33.2 Å². The molecule has 0 aliphatic heterocycles. The maximum Gasteiger partial charge on any atom is 0.235 e. The van der Waals surface area contributed by atoms with Crippen LogP contribution in [0.5, 0.6) is 0 Å². The van der Waals surface area contributed by atoms with Crippen molar-refractivity contribution in [1.82, 2.24) is 19.6 Å². The smallest absolute Gasteiger partial charge is 0.235 e. The van der Waals surface area contributed by atoms with Crippen LogP contribution in [0.25, 0.3) is 0 Å². The molecule has 0 radical (unpaired) electrons. The van der Waals surface area contributed by atoms with Crippen molar-refractivity contribution in [3.63, 3.8) is 0 Å². The molecule has 2 rings (SSSR count). The first-order chi connectivity index (χ1) is 7.49. The van der Waals surface area contributed by atoms with Gasteiger partial charge in [-0.15, -0.1) is 10.2 Å². The van der Waals surface area contributed by atoms with E-state index in [0.29, 0.717) is 11.1 Å². The molecule has 0 atom stereocenters. The lowest BCUT2D eigenvalue weighted by atomic mass is 10.4. The standard InChI is InChI=1S/C10H12F2N4/c1-6-4-15(13-9(6)11)8(3)16-5-7(2)10(12)14-16/h4-5,8H,1-3H3. The van der Waals surface area contributed by atoms with Crippen LogP contribution in [0.2, 0.25) is 0 Å². The van der Waals surface area contributed by atoms with Gasteiger partial charge in [0.05, 0.1) is 0 Å². The van der Waals surface area contributed by atoms with E-state index in [2.05, 4.69) is 10.2 Å². The van der Waals surface area contributed by atoms with Crippen LogP contribution in [0.15, 0.2) is 12.4 Å². The second-order valence-electron chi connectivity index (χ2n) is 3.80. The van der Waals surface area contributed by atoms with Crippen molar-refractivity contribution in [2.75, 3.05) is 0 Å². The number of halogens is 2. The predicted molar refractivity (Wildman–Crippen MR) is 54.0 cm³/mol. The molecule has 16 heavy (non-hydrogen) atoms. The lowest BCUT2D eigenvalue weighted by Gasteiger charge is -2.11. The van der Waals surface area contributed by atoms with Gasteiger partial charge in [0.25, 0.3) is 0 Å². The Bertz CT molecular complexity index is 430. The average Bonchev–Trinajstić information content (AvgIpc) is 2.72. The van der Waals surface area contributed by atoms with Crippen LogP contribution in [0.1, 0.15) is 24.2 Å². The van der Waals surface area contributed by atoms with Gasteiger partial charge < -0.3 is 0 Å².